The van der Waals surface area contributed by atoms with Crippen LogP contribution in [0.2, 0.25) is 0 Å². The average Bonchev–Trinajstić information content (AvgIpc) is 3.86. The van der Waals surface area contributed by atoms with E-state index in [-0.39, 0.29) is 0 Å². The topological polar surface area (TPSA) is 35.6 Å². The zero-order chi connectivity index (χ0) is 41.0. The summed E-state index contributed by atoms with van der Waals surface area (Å²) in [6, 6.07) is 82.2. The van der Waals surface area contributed by atoms with E-state index in [1.165, 1.54) is 49.3 Å². The Balaban J connectivity index is 1.03. The van der Waals surface area contributed by atoms with Crippen molar-refractivity contribution in [2.24, 2.45) is 0 Å². The summed E-state index contributed by atoms with van der Waals surface area (Å²) in [4.78, 5) is 10.4. The fourth-order valence-electron chi connectivity index (χ4n) is 9.15. The van der Waals surface area contributed by atoms with Crippen LogP contribution in [0, 0.1) is 0 Å². The second-order valence-electron chi connectivity index (χ2n) is 15.8. The molecule has 0 fully saturated rings. The van der Waals surface area contributed by atoms with E-state index in [1.54, 1.807) is 0 Å². The molecule has 4 heteroatoms. The second kappa shape index (κ2) is 14.7. The zero-order valence-electron chi connectivity index (χ0n) is 33.7. The summed E-state index contributed by atoms with van der Waals surface area (Å²) >= 11 is 0. The highest BCUT2D eigenvalue weighted by atomic mass is 15.0. The average molecular weight is 791 g/mol. The van der Waals surface area contributed by atoms with Crippen molar-refractivity contribution in [2.75, 3.05) is 0 Å². The van der Waals surface area contributed by atoms with Gasteiger partial charge in [-0.25, -0.2) is 9.97 Å². The molecule has 0 aliphatic heterocycles. The fourth-order valence-corrected chi connectivity index (χ4v) is 9.15. The number of nitrogens with zero attached hydrogens (tertiary/aromatic N) is 4. The monoisotopic (exact) mass is 790 g/mol. The molecule has 0 saturated heterocycles. The first-order valence-corrected chi connectivity index (χ1v) is 21.1. The Morgan fingerprint density at radius 1 is 0.242 bits per heavy atom. The lowest BCUT2D eigenvalue weighted by Crippen LogP contribution is -1.98. The minimum absolute atomic E-state index is 0.694. The third-order valence-electron chi connectivity index (χ3n) is 12.1. The lowest BCUT2D eigenvalue weighted by atomic mass is 10.0. The molecule has 290 valence electrons. The third-order valence-corrected chi connectivity index (χ3v) is 12.1. The highest BCUT2D eigenvalue weighted by molar-refractivity contribution is 6.19. The molecule has 0 bridgehead atoms. The molecular formula is C58H38N4. The second-order valence-corrected chi connectivity index (χ2v) is 15.8. The number of aromatic nitrogens is 4. The van der Waals surface area contributed by atoms with E-state index in [0.717, 1.165) is 56.0 Å². The van der Waals surface area contributed by atoms with Gasteiger partial charge in [-0.05, 0) is 76.9 Å². The zero-order valence-corrected chi connectivity index (χ0v) is 33.7. The van der Waals surface area contributed by atoms with Gasteiger partial charge in [0.25, 0.3) is 0 Å². The van der Waals surface area contributed by atoms with E-state index in [1.807, 2.05) is 24.3 Å². The molecule has 0 radical (unpaired) electrons. The van der Waals surface area contributed by atoms with Crippen LogP contribution in [0.15, 0.2) is 231 Å². The number of benzene rings is 9. The maximum atomic E-state index is 5.22. The predicted octanol–water partition coefficient (Wildman–Crippen LogP) is 15.0. The van der Waals surface area contributed by atoms with Gasteiger partial charge in [-0.2, -0.15) is 0 Å². The fraction of sp³-hybridized carbons (Fsp3) is 0. The quantitative estimate of drug-likeness (QED) is 0.161. The SMILES string of the molecule is c1ccc(-c2ccc(-c3cc(-c4cccc(-n5c6ccccc6c6cc7c8ccccc8n(-c8ccc(-c9ccccc9)cc8)c7cc65)c4)nc(-c4ccccc4)n3)cc2)cc1. The van der Waals surface area contributed by atoms with Crippen molar-refractivity contribution in [3.8, 4) is 67.5 Å². The smallest absolute Gasteiger partial charge is 0.160 e. The Bertz CT molecular complexity index is 3590. The minimum Gasteiger partial charge on any atom is -0.309 e. The van der Waals surface area contributed by atoms with Crippen LogP contribution in [0.25, 0.3) is 111 Å². The van der Waals surface area contributed by atoms with Crippen molar-refractivity contribution < 1.29 is 0 Å². The van der Waals surface area contributed by atoms with Crippen molar-refractivity contribution in [2.45, 2.75) is 0 Å². The molecule has 12 rings (SSSR count). The first-order valence-electron chi connectivity index (χ1n) is 21.1. The molecule has 0 spiro atoms. The number of rotatable bonds is 7. The molecule has 0 N–H and O–H groups in total. The molecule has 9 aromatic carbocycles. The van der Waals surface area contributed by atoms with Gasteiger partial charge in [0.2, 0.25) is 0 Å². The van der Waals surface area contributed by atoms with Crippen molar-refractivity contribution >= 4 is 43.6 Å². The first kappa shape index (κ1) is 35.6. The normalized spacial score (nSPS) is 11.5. The van der Waals surface area contributed by atoms with E-state index in [2.05, 4.69) is 215 Å². The van der Waals surface area contributed by atoms with Crippen molar-refractivity contribution in [1.82, 2.24) is 19.1 Å². The highest BCUT2D eigenvalue weighted by Crippen LogP contribution is 2.40. The molecule has 0 unspecified atom stereocenters. The van der Waals surface area contributed by atoms with Gasteiger partial charge in [-0.15, -0.1) is 0 Å². The van der Waals surface area contributed by atoms with Gasteiger partial charge in [-0.1, -0.05) is 176 Å². The minimum atomic E-state index is 0.694. The van der Waals surface area contributed by atoms with E-state index < -0.39 is 0 Å². The molecular weight excluding hydrogens is 753 g/mol. The summed E-state index contributed by atoms with van der Waals surface area (Å²) in [5.74, 6) is 0.694. The van der Waals surface area contributed by atoms with Gasteiger partial charge in [0.05, 0.1) is 33.5 Å². The van der Waals surface area contributed by atoms with Gasteiger partial charge in [0, 0.05) is 49.6 Å². The van der Waals surface area contributed by atoms with Crippen LogP contribution in [0.3, 0.4) is 0 Å². The van der Waals surface area contributed by atoms with Gasteiger partial charge >= 0.3 is 0 Å². The Labute approximate surface area is 359 Å². The van der Waals surface area contributed by atoms with Gasteiger partial charge in [-0.3, -0.25) is 0 Å². The molecule has 0 aliphatic rings. The van der Waals surface area contributed by atoms with Crippen LogP contribution >= 0.6 is 0 Å². The highest BCUT2D eigenvalue weighted by Gasteiger charge is 2.19. The molecule has 0 aliphatic carbocycles. The van der Waals surface area contributed by atoms with Crippen LogP contribution in [-0.4, -0.2) is 19.1 Å². The summed E-state index contributed by atoms with van der Waals surface area (Å²) < 4.78 is 4.83. The Morgan fingerprint density at radius 3 is 1.26 bits per heavy atom. The number of hydrogen-bond donors (Lipinski definition) is 0. The lowest BCUT2D eigenvalue weighted by molar-refractivity contribution is 1.16. The summed E-state index contributed by atoms with van der Waals surface area (Å²) in [6.45, 7) is 0. The summed E-state index contributed by atoms with van der Waals surface area (Å²) in [7, 11) is 0. The predicted molar refractivity (Wildman–Crippen MR) is 258 cm³/mol. The van der Waals surface area contributed by atoms with E-state index in [4.69, 9.17) is 9.97 Å². The van der Waals surface area contributed by atoms with Crippen LogP contribution in [0.4, 0.5) is 0 Å². The summed E-state index contributed by atoms with van der Waals surface area (Å²) in [6.07, 6.45) is 0. The maximum Gasteiger partial charge on any atom is 0.160 e. The van der Waals surface area contributed by atoms with Crippen molar-refractivity contribution in [3.05, 3.63) is 231 Å². The van der Waals surface area contributed by atoms with Gasteiger partial charge in [0.15, 0.2) is 5.82 Å². The molecule has 0 amide bonds. The molecule has 62 heavy (non-hydrogen) atoms. The van der Waals surface area contributed by atoms with Crippen LogP contribution in [0.5, 0.6) is 0 Å². The number of fused-ring (bicyclic) bond motifs is 6. The maximum absolute atomic E-state index is 5.22. The number of para-hydroxylation sites is 2. The Kier molecular flexibility index (Phi) is 8.46. The van der Waals surface area contributed by atoms with E-state index in [0.29, 0.717) is 5.82 Å². The molecule has 12 aromatic rings. The largest absolute Gasteiger partial charge is 0.309 e. The van der Waals surface area contributed by atoms with Crippen LogP contribution in [0.1, 0.15) is 0 Å². The van der Waals surface area contributed by atoms with Crippen molar-refractivity contribution in [3.63, 3.8) is 0 Å². The summed E-state index contributed by atoms with van der Waals surface area (Å²) in [5.41, 5.74) is 16.4. The number of hydrogen-bond acceptors (Lipinski definition) is 2. The van der Waals surface area contributed by atoms with Crippen LogP contribution in [-0.2, 0) is 0 Å². The van der Waals surface area contributed by atoms with Crippen molar-refractivity contribution in [1.29, 1.82) is 0 Å². The van der Waals surface area contributed by atoms with E-state index >= 15 is 0 Å². The molecule has 3 heterocycles. The first-order chi connectivity index (χ1) is 30.7. The van der Waals surface area contributed by atoms with Crippen LogP contribution < -0.4 is 0 Å². The Hall–Kier alpha value is -8.34. The Morgan fingerprint density at radius 2 is 0.677 bits per heavy atom. The van der Waals surface area contributed by atoms with Gasteiger partial charge < -0.3 is 9.13 Å². The van der Waals surface area contributed by atoms with Gasteiger partial charge in [0.1, 0.15) is 0 Å². The molecule has 4 nitrogen and oxygen atoms in total. The molecule has 0 atom stereocenters. The molecule has 3 aromatic heterocycles. The van der Waals surface area contributed by atoms with E-state index in [9.17, 15) is 0 Å². The lowest BCUT2D eigenvalue weighted by Gasteiger charge is -2.13. The molecule has 0 saturated carbocycles. The summed E-state index contributed by atoms with van der Waals surface area (Å²) in [5, 5.41) is 4.90. The standard InChI is InChI=1S/C58H38N4/c1-4-15-39(16-5-1)41-27-29-43(30-28-41)52-37-53(60-58(59-52)44-19-8-3-9-20-44)45-21-14-22-47(35-45)62-55-26-13-11-24-49(55)51-36-50-48-23-10-12-25-54(48)61(56(50)38-57(51)62)46-33-31-42(32-34-46)40-17-6-2-7-18-40/h1-38H. The third kappa shape index (κ3) is 6.08.